The van der Waals surface area contributed by atoms with Crippen LogP contribution in [0.5, 0.6) is 0 Å². The molecule has 0 amide bonds. The van der Waals surface area contributed by atoms with E-state index >= 15 is 0 Å². The van der Waals surface area contributed by atoms with E-state index in [0.29, 0.717) is 0 Å². The van der Waals surface area contributed by atoms with Crippen molar-refractivity contribution in [2.45, 2.75) is 316 Å². The molecule has 0 heteroatoms. The van der Waals surface area contributed by atoms with Gasteiger partial charge in [0.1, 0.15) is 0 Å². The Morgan fingerprint density at radius 2 is 0.280 bits per heavy atom. The fourth-order valence-corrected chi connectivity index (χ4v) is 8.26. The third kappa shape index (κ3) is 44.2. The predicted octanol–water partition coefficient (Wildman–Crippen LogP) is 19.6. The van der Waals surface area contributed by atoms with E-state index in [-0.39, 0.29) is 0 Å². The van der Waals surface area contributed by atoms with Crippen molar-refractivity contribution in [3.8, 4) is 0 Å². The monoisotopic (exact) mass is 702 g/mol. The minimum absolute atomic E-state index is 1.37. The summed E-state index contributed by atoms with van der Waals surface area (Å²) in [4.78, 5) is 0. The van der Waals surface area contributed by atoms with Crippen molar-refractivity contribution >= 4 is 0 Å². The molecule has 0 aliphatic rings. The highest BCUT2D eigenvalue weighted by atomic mass is 14.1. The largest absolute Gasteiger partial charge is 0.0654 e. The van der Waals surface area contributed by atoms with Crippen LogP contribution in [0.3, 0.4) is 0 Å². The standard InChI is InChI=1S/C50H101/c1-4-7-10-13-16-19-22-25-27-28-31-34-37-40-43-46-49-50(47-44-41-38-35-32-29-24-21-18-15-12-9-6-3)48-45-42-39-36-33-30-26-23-20-17-14-11-8-5-2/h4-49H2,1-3H3. The minimum atomic E-state index is 1.37. The molecule has 0 heterocycles. The van der Waals surface area contributed by atoms with Crippen LogP contribution in [-0.4, -0.2) is 0 Å². The van der Waals surface area contributed by atoms with Crippen molar-refractivity contribution < 1.29 is 0 Å². The lowest BCUT2D eigenvalue weighted by Gasteiger charge is -2.16. The Morgan fingerprint density at radius 3 is 0.420 bits per heavy atom. The summed E-state index contributed by atoms with van der Waals surface area (Å²) in [5.41, 5.74) is 0. The Hall–Kier alpha value is 0. The van der Waals surface area contributed by atoms with Crippen molar-refractivity contribution in [3.05, 3.63) is 5.92 Å². The highest BCUT2D eigenvalue weighted by Gasteiger charge is 2.09. The zero-order chi connectivity index (χ0) is 36.1. The number of hydrogen-bond acceptors (Lipinski definition) is 0. The number of unbranched alkanes of at least 4 members (excludes halogenated alkanes) is 40. The topological polar surface area (TPSA) is 0 Å². The molecule has 0 saturated carbocycles. The molecule has 50 heavy (non-hydrogen) atoms. The molecule has 0 atom stereocenters. The Balaban J connectivity index is 3.92. The molecule has 0 aliphatic carbocycles. The van der Waals surface area contributed by atoms with E-state index in [1.807, 2.05) is 5.92 Å². The highest BCUT2D eigenvalue weighted by Crippen LogP contribution is 2.27. The number of rotatable bonds is 46. The molecule has 0 spiro atoms. The molecule has 0 aromatic rings. The van der Waals surface area contributed by atoms with E-state index < -0.39 is 0 Å². The summed E-state index contributed by atoms with van der Waals surface area (Å²) in [6, 6.07) is 0. The Bertz CT molecular complexity index is 550. The van der Waals surface area contributed by atoms with Gasteiger partial charge in [0.15, 0.2) is 0 Å². The van der Waals surface area contributed by atoms with Gasteiger partial charge in [-0.1, -0.05) is 297 Å². The molecule has 0 rings (SSSR count). The summed E-state index contributed by atoms with van der Waals surface area (Å²) in [5, 5.41) is 0. The molecule has 0 bridgehead atoms. The molecule has 0 aromatic heterocycles. The molecular weight excluding hydrogens is 601 g/mol. The second-order valence-electron chi connectivity index (χ2n) is 17.1. The maximum atomic E-state index is 2.32. The van der Waals surface area contributed by atoms with Crippen LogP contribution in [-0.2, 0) is 0 Å². The van der Waals surface area contributed by atoms with Gasteiger partial charge < -0.3 is 0 Å². The molecular formula is C50H101. The van der Waals surface area contributed by atoms with Crippen molar-refractivity contribution in [1.82, 2.24) is 0 Å². The molecule has 301 valence electrons. The smallest absolute Gasteiger partial charge is 0.0241 e. The molecule has 0 aliphatic heterocycles. The molecule has 0 nitrogen and oxygen atoms in total. The van der Waals surface area contributed by atoms with Crippen molar-refractivity contribution in [2.75, 3.05) is 0 Å². The van der Waals surface area contributed by atoms with Crippen LogP contribution in [0.25, 0.3) is 0 Å². The average molecular weight is 702 g/mol. The van der Waals surface area contributed by atoms with E-state index in [4.69, 9.17) is 0 Å². The number of hydrogen-bond donors (Lipinski definition) is 0. The Morgan fingerprint density at radius 1 is 0.160 bits per heavy atom. The fraction of sp³-hybridized carbons (Fsp3) is 0.980. The van der Waals surface area contributed by atoms with Crippen molar-refractivity contribution in [3.63, 3.8) is 0 Å². The van der Waals surface area contributed by atoms with Crippen LogP contribution < -0.4 is 0 Å². The Kier molecular flexibility index (Phi) is 47.0. The summed E-state index contributed by atoms with van der Waals surface area (Å²) in [6.45, 7) is 6.96. The maximum Gasteiger partial charge on any atom is -0.0241 e. The molecule has 0 saturated heterocycles. The van der Waals surface area contributed by atoms with Gasteiger partial charge in [-0.15, -0.1) is 0 Å². The van der Waals surface area contributed by atoms with Crippen LogP contribution in [0.2, 0.25) is 0 Å². The van der Waals surface area contributed by atoms with E-state index in [2.05, 4.69) is 20.8 Å². The summed E-state index contributed by atoms with van der Waals surface area (Å²) < 4.78 is 0. The van der Waals surface area contributed by atoms with E-state index in [1.165, 1.54) is 295 Å². The lowest BCUT2D eigenvalue weighted by Crippen LogP contribution is -1.99. The third-order valence-electron chi connectivity index (χ3n) is 11.9. The van der Waals surface area contributed by atoms with E-state index in [0.717, 1.165) is 0 Å². The highest BCUT2D eigenvalue weighted by molar-refractivity contribution is 4.89. The molecule has 1 radical (unpaired) electrons. The molecule has 0 aromatic carbocycles. The van der Waals surface area contributed by atoms with E-state index in [1.54, 1.807) is 0 Å². The second-order valence-corrected chi connectivity index (χ2v) is 17.1. The summed E-state index contributed by atoms with van der Waals surface area (Å²) in [7, 11) is 0. The molecule has 0 fully saturated rings. The summed E-state index contributed by atoms with van der Waals surface area (Å²) in [6.07, 6.45) is 67.8. The zero-order valence-corrected chi connectivity index (χ0v) is 36.0. The van der Waals surface area contributed by atoms with Gasteiger partial charge in [-0.05, 0) is 25.2 Å². The maximum absolute atomic E-state index is 2.32. The predicted molar refractivity (Wildman–Crippen MR) is 233 cm³/mol. The quantitative estimate of drug-likeness (QED) is 0.0554. The Labute approximate surface area is 321 Å². The average Bonchev–Trinajstić information content (AvgIpc) is 3.13. The normalized spacial score (nSPS) is 11.8. The van der Waals surface area contributed by atoms with Gasteiger partial charge in [0, 0.05) is 0 Å². The first-order valence-corrected chi connectivity index (χ1v) is 24.7. The SMILES string of the molecule is CCCCCCCCCCCCCCCCCC[C](CCCCCCCCCCCCCCC)CCCCCCCCCCCCCCCC. The minimum Gasteiger partial charge on any atom is -0.0654 e. The first-order valence-electron chi connectivity index (χ1n) is 24.7. The lowest BCUT2D eigenvalue weighted by atomic mass is 9.89. The molecule has 0 unspecified atom stereocenters. The summed E-state index contributed by atoms with van der Waals surface area (Å²) >= 11 is 0. The van der Waals surface area contributed by atoms with Crippen LogP contribution in [0.4, 0.5) is 0 Å². The van der Waals surface area contributed by atoms with Gasteiger partial charge in [-0.3, -0.25) is 0 Å². The van der Waals surface area contributed by atoms with Gasteiger partial charge in [0.2, 0.25) is 0 Å². The third-order valence-corrected chi connectivity index (χ3v) is 11.9. The zero-order valence-electron chi connectivity index (χ0n) is 36.0. The molecule has 0 N–H and O–H groups in total. The van der Waals surface area contributed by atoms with Crippen LogP contribution in [0, 0.1) is 5.92 Å². The fourth-order valence-electron chi connectivity index (χ4n) is 8.26. The van der Waals surface area contributed by atoms with Crippen molar-refractivity contribution in [2.24, 2.45) is 0 Å². The van der Waals surface area contributed by atoms with Crippen molar-refractivity contribution in [1.29, 1.82) is 0 Å². The second kappa shape index (κ2) is 47.0. The van der Waals surface area contributed by atoms with Gasteiger partial charge in [0.25, 0.3) is 0 Å². The van der Waals surface area contributed by atoms with Gasteiger partial charge >= 0.3 is 0 Å². The first kappa shape index (κ1) is 50.0. The van der Waals surface area contributed by atoms with Crippen LogP contribution in [0.1, 0.15) is 316 Å². The van der Waals surface area contributed by atoms with E-state index in [9.17, 15) is 0 Å². The van der Waals surface area contributed by atoms with Crippen LogP contribution in [0.15, 0.2) is 0 Å². The first-order chi connectivity index (χ1) is 24.8. The summed E-state index contributed by atoms with van der Waals surface area (Å²) in [5.74, 6) is 1.96. The van der Waals surface area contributed by atoms with Gasteiger partial charge in [-0.25, -0.2) is 0 Å². The van der Waals surface area contributed by atoms with Gasteiger partial charge in [-0.2, -0.15) is 0 Å². The lowest BCUT2D eigenvalue weighted by molar-refractivity contribution is 0.498. The van der Waals surface area contributed by atoms with Crippen LogP contribution >= 0.6 is 0 Å². The van der Waals surface area contributed by atoms with Gasteiger partial charge in [0.05, 0.1) is 0 Å².